The van der Waals surface area contributed by atoms with Gasteiger partial charge in [0.1, 0.15) is 11.9 Å². The van der Waals surface area contributed by atoms with Crippen LogP contribution in [0, 0.1) is 0 Å². The Labute approximate surface area is 143 Å². The van der Waals surface area contributed by atoms with Crippen LogP contribution in [0.4, 0.5) is 0 Å². The van der Waals surface area contributed by atoms with E-state index in [1.807, 2.05) is 32.0 Å². The van der Waals surface area contributed by atoms with Crippen LogP contribution in [0.1, 0.15) is 31.9 Å². The highest BCUT2D eigenvalue weighted by Gasteiger charge is 2.46. The van der Waals surface area contributed by atoms with Crippen molar-refractivity contribution in [2.24, 2.45) is 0 Å². The highest BCUT2D eigenvalue weighted by atomic mass is 31.2. The molecule has 2 aromatic carbocycles. The van der Waals surface area contributed by atoms with Crippen molar-refractivity contribution >= 4 is 18.4 Å². The van der Waals surface area contributed by atoms with E-state index in [1.165, 1.54) is 5.39 Å². The van der Waals surface area contributed by atoms with Crippen molar-refractivity contribution in [1.82, 2.24) is 5.06 Å². The lowest BCUT2D eigenvalue weighted by atomic mass is 9.99. The SMILES string of the molecule is CCOP(=O)(OCC)[C@@H]1C[C@@H](c2cccc3ccccc23)ON1C. The highest BCUT2D eigenvalue weighted by molar-refractivity contribution is 7.54. The Morgan fingerprint density at radius 1 is 1.12 bits per heavy atom. The average Bonchev–Trinajstić information content (AvgIpc) is 2.97. The van der Waals surface area contributed by atoms with E-state index in [9.17, 15) is 4.57 Å². The molecule has 0 aliphatic carbocycles. The standard InChI is InChI=1S/C18H24NO4P/c1-4-21-24(20,22-5-2)18-13-17(23-19(18)3)16-12-8-10-14-9-6-7-11-15(14)16/h6-12,17-18H,4-5,13H2,1-3H3/t17-,18+/m0/s1. The summed E-state index contributed by atoms with van der Waals surface area (Å²) in [5.74, 6) is -0.402. The Balaban J connectivity index is 1.91. The first-order valence-electron chi connectivity index (χ1n) is 8.35. The third-order valence-electron chi connectivity index (χ3n) is 4.29. The quantitative estimate of drug-likeness (QED) is 0.705. The van der Waals surface area contributed by atoms with Crippen molar-refractivity contribution in [2.75, 3.05) is 20.3 Å². The maximum absolute atomic E-state index is 13.1. The van der Waals surface area contributed by atoms with E-state index in [-0.39, 0.29) is 6.10 Å². The summed E-state index contributed by atoms with van der Waals surface area (Å²) in [4.78, 5) is 6.01. The van der Waals surface area contributed by atoms with Gasteiger partial charge in [0.05, 0.1) is 13.2 Å². The zero-order valence-electron chi connectivity index (χ0n) is 14.3. The van der Waals surface area contributed by atoms with Crippen molar-refractivity contribution in [3.63, 3.8) is 0 Å². The third-order valence-corrected chi connectivity index (χ3v) is 6.79. The monoisotopic (exact) mass is 349 g/mol. The van der Waals surface area contributed by atoms with Crippen LogP contribution in [0.15, 0.2) is 42.5 Å². The predicted molar refractivity (Wildman–Crippen MR) is 94.8 cm³/mol. The Morgan fingerprint density at radius 3 is 2.50 bits per heavy atom. The number of hydrogen-bond acceptors (Lipinski definition) is 5. The largest absolute Gasteiger partial charge is 0.350 e. The molecule has 0 N–H and O–H groups in total. The number of hydrogen-bond donors (Lipinski definition) is 0. The Kier molecular flexibility index (Phi) is 5.38. The fraction of sp³-hybridized carbons (Fsp3) is 0.444. The van der Waals surface area contributed by atoms with Gasteiger partial charge in [0.2, 0.25) is 0 Å². The van der Waals surface area contributed by atoms with Crippen molar-refractivity contribution in [3.8, 4) is 0 Å². The number of benzene rings is 2. The topological polar surface area (TPSA) is 48.0 Å². The Morgan fingerprint density at radius 2 is 1.79 bits per heavy atom. The van der Waals surface area contributed by atoms with Crippen LogP contribution >= 0.6 is 7.60 Å². The lowest BCUT2D eigenvalue weighted by Gasteiger charge is -2.25. The molecule has 5 nitrogen and oxygen atoms in total. The molecule has 1 fully saturated rings. The highest BCUT2D eigenvalue weighted by Crippen LogP contribution is 2.59. The minimum absolute atomic E-state index is 0.166. The molecular weight excluding hydrogens is 325 g/mol. The molecule has 1 aliphatic rings. The normalized spacial score (nSPS) is 22.3. The van der Waals surface area contributed by atoms with Crippen LogP contribution in [0.5, 0.6) is 0 Å². The average molecular weight is 349 g/mol. The van der Waals surface area contributed by atoms with Gasteiger partial charge in [-0.3, -0.25) is 9.40 Å². The summed E-state index contributed by atoms with van der Waals surface area (Å²) in [5, 5.41) is 3.96. The molecule has 0 spiro atoms. The maximum atomic E-state index is 13.1. The molecular formula is C18H24NO4P. The van der Waals surface area contributed by atoms with Crippen LogP contribution in [0.3, 0.4) is 0 Å². The lowest BCUT2D eigenvalue weighted by molar-refractivity contribution is -0.136. The van der Waals surface area contributed by atoms with Gasteiger partial charge in [0.25, 0.3) is 0 Å². The van der Waals surface area contributed by atoms with Crippen LogP contribution in [-0.4, -0.2) is 31.1 Å². The van der Waals surface area contributed by atoms with Gasteiger partial charge < -0.3 is 9.05 Å². The smallest absolute Gasteiger partial charge is 0.308 e. The van der Waals surface area contributed by atoms with Crippen molar-refractivity contribution < 1.29 is 18.5 Å². The van der Waals surface area contributed by atoms with Gasteiger partial charge in [-0.2, -0.15) is 5.06 Å². The van der Waals surface area contributed by atoms with Crippen LogP contribution in [0.2, 0.25) is 0 Å². The number of nitrogens with zero attached hydrogens (tertiary/aromatic N) is 1. The molecule has 0 aromatic heterocycles. The molecule has 0 unspecified atom stereocenters. The molecule has 0 radical (unpaired) electrons. The summed E-state index contributed by atoms with van der Waals surface area (Å²) >= 11 is 0. The molecule has 0 amide bonds. The first-order chi connectivity index (χ1) is 11.6. The minimum atomic E-state index is -3.24. The zero-order valence-corrected chi connectivity index (χ0v) is 15.2. The molecule has 6 heteroatoms. The first-order valence-corrected chi connectivity index (χ1v) is 9.96. The molecule has 0 bridgehead atoms. The van der Waals surface area contributed by atoms with Crippen LogP contribution < -0.4 is 0 Å². The molecule has 2 aromatic rings. The zero-order chi connectivity index (χ0) is 17.2. The number of rotatable bonds is 6. The summed E-state index contributed by atoms with van der Waals surface area (Å²) < 4.78 is 24.1. The van der Waals surface area contributed by atoms with Crippen molar-refractivity contribution in [1.29, 1.82) is 0 Å². The maximum Gasteiger partial charge on any atom is 0.350 e. The summed E-state index contributed by atoms with van der Waals surface area (Å²) in [6, 6.07) is 14.4. The fourth-order valence-electron chi connectivity index (χ4n) is 3.27. The molecule has 130 valence electrons. The summed E-state index contributed by atoms with van der Waals surface area (Å²) in [6.07, 6.45) is 0.405. The van der Waals surface area contributed by atoms with Gasteiger partial charge in [-0.05, 0) is 30.2 Å². The van der Waals surface area contributed by atoms with E-state index in [2.05, 4.69) is 24.3 Å². The Hall–Kier alpha value is -1.23. The van der Waals surface area contributed by atoms with Gasteiger partial charge in [-0.15, -0.1) is 0 Å². The molecule has 1 aliphatic heterocycles. The van der Waals surface area contributed by atoms with E-state index in [1.54, 1.807) is 12.1 Å². The Bertz CT molecular complexity index is 735. The molecule has 0 saturated carbocycles. The predicted octanol–water partition coefficient (Wildman–Crippen LogP) is 4.74. The summed E-state index contributed by atoms with van der Waals surface area (Å²) in [5.41, 5.74) is 1.10. The fourth-order valence-corrected chi connectivity index (χ4v) is 5.31. The minimum Gasteiger partial charge on any atom is -0.308 e. The van der Waals surface area contributed by atoms with Gasteiger partial charge in [0, 0.05) is 13.5 Å². The van der Waals surface area contributed by atoms with Crippen LogP contribution in [0.25, 0.3) is 10.8 Å². The van der Waals surface area contributed by atoms with Crippen molar-refractivity contribution in [2.45, 2.75) is 32.2 Å². The second-order valence-electron chi connectivity index (χ2n) is 5.80. The van der Waals surface area contributed by atoms with Crippen molar-refractivity contribution in [3.05, 3.63) is 48.0 Å². The second kappa shape index (κ2) is 7.34. The van der Waals surface area contributed by atoms with E-state index in [4.69, 9.17) is 13.9 Å². The van der Waals surface area contributed by atoms with Gasteiger partial charge in [-0.25, -0.2) is 0 Å². The van der Waals surface area contributed by atoms with Gasteiger partial charge in [0.15, 0.2) is 0 Å². The van der Waals surface area contributed by atoms with E-state index < -0.39 is 13.4 Å². The van der Waals surface area contributed by atoms with Gasteiger partial charge in [-0.1, -0.05) is 42.5 Å². The van der Waals surface area contributed by atoms with E-state index >= 15 is 0 Å². The first kappa shape index (κ1) is 17.6. The second-order valence-corrected chi connectivity index (χ2v) is 7.99. The summed E-state index contributed by atoms with van der Waals surface area (Å²) in [6.45, 7) is 4.34. The molecule has 2 atom stereocenters. The van der Waals surface area contributed by atoms with E-state index in [0.29, 0.717) is 19.6 Å². The number of fused-ring (bicyclic) bond motifs is 1. The van der Waals surface area contributed by atoms with Crippen LogP contribution in [-0.2, 0) is 18.5 Å². The lowest BCUT2D eigenvalue weighted by Crippen LogP contribution is -2.25. The molecule has 1 heterocycles. The molecule has 1 saturated heterocycles. The summed E-state index contributed by atoms with van der Waals surface area (Å²) in [7, 11) is -1.45. The van der Waals surface area contributed by atoms with E-state index in [0.717, 1.165) is 10.9 Å². The molecule has 24 heavy (non-hydrogen) atoms. The molecule has 3 rings (SSSR count). The number of hydroxylamine groups is 2. The third kappa shape index (κ3) is 3.28. The van der Waals surface area contributed by atoms with Gasteiger partial charge >= 0.3 is 7.60 Å².